The molecule has 4 nitrogen and oxygen atoms in total. The number of anilines is 1. The van der Waals surface area contributed by atoms with E-state index in [1.807, 2.05) is 31.2 Å². The van der Waals surface area contributed by atoms with Crippen LogP contribution in [0.5, 0.6) is 0 Å². The molecule has 0 bridgehead atoms. The SMILES string of the molecule is CC1=C(C(=O)Nc2ccc(Br)cc2)[C@@H](c2ccc3c4c(cccc24)CC3)NC(=S)N1. The predicted octanol–water partition coefficient (Wildman–Crippen LogP) is 5.13. The summed E-state index contributed by atoms with van der Waals surface area (Å²) in [4.78, 5) is 13.3. The number of amides is 1. The van der Waals surface area contributed by atoms with Crippen LogP contribution in [-0.2, 0) is 17.6 Å². The normalized spacial score (nSPS) is 17.7. The van der Waals surface area contributed by atoms with E-state index in [0.717, 1.165) is 34.3 Å². The van der Waals surface area contributed by atoms with E-state index >= 15 is 0 Å². The van der Waals surface area contributed by atoms with E-state index in [9.17, 15) is 4.79 Å². The first-order valence-corrected chi connectivity index (χ1v) is 11.1. The molecule has 0 saturated carbocycles. The molecule has 0 radical (unpaired) electrons. The van der Waals surface area contributed by atoms with E-state index in [1.54, 1.807) is 0 Å². The molecule has 6 heteroatoms. The number of carbonyl (C=O) groups excluding carboxylic acids is 1. The van der Waals surface area contributed by atoms with E-state index in [4.69, 9.17) is 12.2 Å². The van der Waals surface area contributed by atoms with Gasteiger partial charge < -0.3 is 16.0 Å². The van der Waals surface area contributed by atoms with Gasteiger partial charge in [-0.3, -0.25) is 4.79 Å². The van der Waals surface area contributed by atoms with Gasteiger partial charge in [-0.15, -0.1) is 0 Å². The molecule has 3 N–H and O–H groups in total. The van der Waals surface area contributed by atoms with E-state index in [2.05, 4.69) is 62.2 Å². The Kier molecular flexibility index (Phi) is 4.83. The van der Waals surface area contributed by atoms with Crippen molar-refractivity contribution in [2.45, 2.75) is 25.8 Å². The molecule has 0 unspecified atom stereocenters. The summed E-state index contributed by atoms with van der Waals surface area (Å²) in [6.45, 7) is 1.90. The monoisotopic (exact) mass is 477 g/mol. The van der Waals surface area contributed by atoms with Crippen molar-refractivity contribution >= 4 is 55.6 Å². The average Bonchev–Trinajstić information content (AvgIpc) is 3.14. The highest BCUT2D eigenvalue weighted by Crippen LogP contribution is 2.38. The van der Waals surface area contributed by atoms with Crippen molar-refractivity contribution in [1.29, 1.82) is 0 Å². The second kappa shape index (κ2) is 7.52. The van der Waals surface area contributed by atoms with E-state index in [1.165, 1.54) is 21.9 Å². The third-order valence-corrected chi connectivity index (χ3v) is 6.59. The highest BCUT2D eigenvalue weighted by Gasteiger charge is 2.32. The zero-order valence-corrected chi connectivity index (χ0v) is 18.8. The zero-order chi connectivity index (χ0) is 20.8. The fourth-order valence-corrected chi connectivity index (χ4v) is 5.02. The van der Waals surface area contributed by atoms with Crippen LogP contribution < -0.4 is 16.0 Å². The maximum Gasteiger partial charge on any atom is 0.255 e. The first kappa shape index (κ1) is 19.3. The zero-order valence-electron chi connectivity index (χ0n) is 16.4. The number of hydrogen-bond donors (Lipinski definition) is 3. The van der Waals surface area contributed by atoms with Crippen molar-refractivity contribution in [2.24, 2.45) is 0 Å². The number of rotatable bonds is 3. The molecule has 2 aliphatic rings. The summed E-state index contributed by atoms with van der Waals surface area (Å²) in [6.07, 6.45) is 2.14. The third kappa shape index (κ3) is 3.30. The molecule has 0 fully saturated rings. The van der Waals surface area contributed by atoms with Crippen LogP contribution in [0.15, 0.2) is 70.3 Å². The molecule has 0 aromatic heterocycles. The third-order valence-electron chi connectivity index (χ3n) is 5.84. The second-order valence-corrected chi connectivity index (χ2v) is 9.01. The summed E-state index contributed by atoms with van der Waals surface area (Å²) in [7, 11) is 0. The molecule has 1 aliphatic heterocycles. The van der Waals surface area contributed by atoms with Gasteiger partial charge in [0, 0.05) is 15.9 Å². The molecule has 1 aliphatic carbocycles. The van der Waals surface area contributed by atoms with Gasteiger partial charge in [0.25, 0.3) is 5.91 Å². The van der Waals surface area contributed by atoms with Crippen LogP contribution in [0.3, 0.4) is 0 Å². The maximum atomic E-state index is 13.3. The highest BCUT2D eigenvalue weighted by molar-refractivity contribution is 9.10. The Morgan fingerprint density at radius 3 is 2.57 bits per heavy atom. The lowest BCUT2D eigenvalue weighted by Gasteiger charge is -2.31. The van der Waals surface area contributed by atoms with E-state index in [0.29, 0.717) is 10.7 Å². The van der Waals surface area contributed by atoms with Gasteiger partial charge in [-0.25, -0.2) is 0 Å². The molecular formula is C24H20BrN3OS. The van der Waals surface area contributed by atoms with Crippen LogP contribution in [0.1, 0.15) is 29.7 Å². The molecule has 30 heavy (non-hydrogen) atoms. The number of carbonyl (C=O) groups is 1. The van der Waals surface area contributed by atoms with E-state index < -0.39 is 0 Å². The van der Waals surface area contributed by atoms with Gasteiger partial charge in [0.2, 0.25) is 0 Å². The number of allylic oxidation sites excluding steroid dienone is 1. The van der Waals surface area contributed by atoms with Gasteiger partial charge in [-0.05, 0) is 83.7 Å². The van der Waals surface area contributed by atoms with Gasteiger partial charge in [0.1, 0.15) is 0 Å². The Balaban J connectivity index is 1.59. The molecule has 3 aromatic carbocycles. The van der Waals surface area contributed by atoms with Crippen molar-refractivity contribution < 1.29 is 4.79 Å². The number of benzene rings is 3. The summed E-state index contributed by atoms with van der Waals surface area (Å²) in [5.41, 5.74) is 5.98. The summed E-state index contributed by atoms with van der Waals surface area (Å²) in [5.74, 6) is -0.148. The van der Waals surface area contributed by atoms with Gasteiger partial charge >= 0.3 is 0 Å². The molecule has 1 heterocycles. The van der Waals surface area contributed by atoms with Crippen LogP contribution in [0, 0.1) is 0 Å². The van der Waals surface area contributed by atoms with E-state index in [-0.39, 0.29) is 11.9 Å². The lowest BCUT2D eigenvalue weighted by atomic mass is 9.89. The average molecular weight is 478 g/mol. The Morgan fingerprint density at radius 1 is 1.07 bits per heavy atom. The first-order chi connectivity index (χ1) is 14.5. The molecule has 5 rings (SSSR count). The van der Waals surface area contributed by atoms with Crippen LogP contribution in [0.4, 0.5) is 5.69 Å². The molecule has 0 saturated heterocycles. The van der Waals surface area contributed by atoms with Crippen LogP contribution >= 0.6 is 28.1 Å². The molecular weight excluding hydrogens is 458 g/mol. The van der Waals surface area contributed by atoms with Crippen LogP contribution in [0.25, 0.3) is 10.8 Å². The standard InChI is InChI=1S/C24H20BrN3OS/c1-13-20(23(29)27-17-10-8-16(25)9-11-17)22(28-24(30)26-13)19-12-7-15-6-5-14-3-2-4-18(19)21(14)15/h2-4,7-12,22H,5-6H2,1H3,(H,27,29)(H2,26,28,30)/t22-/m1/s1. The number of nitrogens with one attached hydrogen (secondary N) is 3. The van der Waals surface area contributed by atoms with Crippen LogP contribution in [0.2, 0.25) is 0 Å². The van der Waals surface area contributed by atoms with Crippen molar-refractivity contribution in [3.63, 3.8) is 0 Å². The quantitative estimate of drug-likeness (QED) is 0.457. The minimum absolute atomic E-state index is 0.148. The Hall–Kier alpha value is -2.70. The van der Waals surface area contributed by atoms with Crippen molar-refractivity contribution in [1.82, 2.24) is 10.6 Å². The van der Waals surface area contributed by atoms with Gasteiger partial charge in [-0.2, -0.15) is 0 Å². The Morgan fingerprint density at radius 2 is 1.80 bits per heavy atom. The molecule has 1 amide bonds. The minimum Gasteiger partial charge on any atom is -0.351 e. The minimum atomic E-state index is -0.320. The summed E-state index contributed by atoms with van der Waals surface area (Å²) in [5, 5.41) is 12.5. The van der Waals surface area contributed by atoms with Gasteiger partial charge in [-0.1, -0.05) is 46.3 Å². The summed E-state index contributed by atoms with van der Waals surface area (Å²) < 4.78 is 0.966. The van der Waals surface area contributed by atoms with Gasteiger partial charge in [0.05, 0.1) is 11.6 Å². The maximum absolute atomic E-state index is 13.3. The molecule has 1 atom stereocenters. The highest BCUT2D eigenvalue weighted by atomic mass is 79.9. The Bertz CT molecular complexity index is 1220. The predicted molar refractivity (Wildman–Crippen MR) is 128 cm³/mol. The lowest BCUT2D eigenvalue weighted by Crippen LogP contribution is -2.45. The fourth-order valence-electron chi connectivity index (χ4n) is 4.48. The van der Waals surface area contributed by atoms with Crippen molar-refractivity contribution in [3.8, 4) is 0 Å². The summed E-state index contributed by atoms with van der Waals surface area (Å²) >= 11 is 8.86. The fraction of sp³-hybridized carbons (Fsp3) is 0.167. The smallest absolute Gasteiger partial charge is 0.255 e. The van der Waals surface area contributed by atoms with Crippen molar-refractivity contribution in [2.75, 3.05) is 5.32 Å². The number of hydrogen-bond acceptors (Lipinski definition) is 2. The molecule has 0 spiro atoms. The second-order valence-electron chi connectivity index (χ2n) is 7.68. The first-order valence-electron chi connectivity index (χ1n) is 9.90. The number of halogens is 1. The van der Waals surface area contributed by atoms with Gasteiger partial charge in [0.15, 0.2) is 5.11 Å². The molecule has 150 valence electrons. The largest absolute Gasteiger partial charge is 0.351 e. The number of thiocarbonyl (C=S) groups is 1. The molecule has 3 aromatic rings. The van der Waals surface area contributed by atoms with Crippen molar-refractivity contribution in [3.05, 3.63) is 87.0 Å². The lowest BCUT2D eigenvalue weighted by molar-refractivity contribution is -0.113. The number of aryl methyl sites for hydroxylation is 2. The Labute approximate surface area is 188 Å². The topological polar surface area (TPSA) is 53.2 Å². The summed E-state index contributed by atoms with van der Waals surface area (Å²) in [6, 6.07) is 18.0. The van der Waals surface area contributed by atoms with Crippen LogP contribution in [-0.4, -0.2) is 11.0 Å².